The lowest BCUT2D eigenvalue weighted by Crippen LogP contribution is -2.01. The lowest BCUT2D eigenvalue weighted by Gasteiger charge is -2.03. The molecule has 1 N–H and O–H groups in total. The van der Waals surface area contributed by atoms with Crippen LogP contribution in [0.1, 0.15) is 19.1 Å². The van der Waals surface area contributed by atoms with Gasteiger partial charge in [-0.2, -0.15) is 5.26 Å². The molecule has 0 saturated heterocycles. The number of benzene rings is 1. The van der Waals surface area contributed by atoms with E-state index in [1.807, 2.05) is 18.2 Å². The third kappa shape index (κ3) is 2.99. The molecule has 0 bridgehead atoms. The van der Waals surface area contributed by atoms with Gasteiger partial charge in [0.25, 0.3) is 0 Å². The SMILES string of the molecule is CCC(=C(C#N)C(=O)O)c1ccc(-c2ccccc2Cl)o1. The summed E-state index contributed by atoms with van der Waals surface area (Å²) in [6.45, 7) is 1.77. The number of allylic oxidation sites excluding steroid dienone is 1. The largest absolute Gasteiger partial charge is 0.477 e. The molecule has 0 aliphatic rings. The van der Waals surface area contributed by atoms with Gasteiger partial charge in [-0.25, -0.2) is 4.79 Å². The second-order valence-corrected chi connectivity index (χ2v) is 4.68. The molecule has 1 heterocycles. The molecular formula is C16H12ClNO3. The van der Waals surface area contributed by atoms with Gasteiger partial charge in [0.1, 0.15) is 23.2 Å². The van der Waals surface area contributed by atoms with E-state index in [-0.39, 0.29) is 5.57 Å². The van der Waals surface area contributed by atoms with Gasteiger partial charge in [-0.3, -0.25) is 0 Å². The zero-order chi connectivity index (χ0) is 15.4. The molecule has 1 aromatic heterocycles. The Morgan fingerprint density at radius 1 is 1.33 bits per heavy atom. The van der Waals surface area contributed by atoms with Crippen molar-refractivity contribution in [2.24, 2.45) is 0 Å². The Hall–Kier alpha value is -2.51. The Labute approximate surface area is 126 Å². The highest BCUT2D eigenvalue weighted by molar-refractivity contribution is 6.33. The summed E-state index contributed by atoms with van der Waals surface area (Å²) in [4.78, 5) is 11.1. The second kappa shape index (κ2) is 6.29. The lowest BCUT2D eigenvalue weighted by molar-refractivity contribution is -0.132. The molecule has 0 saturated carbocycles. The van der Waals surface area contributed by atoms with E-state index in [0.717, 1.165) is 5.56 Å². The molecule has 0 aliphatic carbocycles. The third-order valence-electron chi connectivity index (χ3n) is 3.02. The van der Waals surface area contributed by atoms with Crippen molar-refractivity contribution in [2.45, 2.75) is 13.3 Å². The van der Waals surface area contributed by atoms with Crippen molar-refractivity contribution in [2.75, 3.05) is 0 Å². The molecule has 0 atom stereocenters. The van der Waals surface area contributed by atoms with E-state index in [0.29, 0.717) is 28.5 Å². The highest BCUT2D eigenvalue weighted by atomic mass is 35.5. The number of carboxylic acids is 1. The monoisotopic (exact) mass is 301 g/mol. The molecule has 0 aliphatic heterocycles. The Morgan fingerprint density at radius 3 is 2.62 bits per heavy atom. The van der Waals surface area contributed by atoms with Crippen molar-refractivity contribution in [1.29, 1.82) is 5.26 Å². The first-order valence-electron chi connectivity index (χ1n) is 6.30. The highest BCUT2D eigenvalue weighted by Gasteiger charge is 2.18. The average Bonchev–Trinajstić information content (AvgIpc) is 2.93. The van der Waals surface area contributed by atoms with Crippen LogP contribution in [0.2, 0.25) is 5.02 Å². The second-order valence-electron chi connectivity index (χ2n) is 4.27. The standard InChI is InChI=1S/C16H12ClNO3/c1-2-10(12(9-18)16(19)20)14-7-8-15(21-14)11-5-3-4-6-13(11)17/h3-8H,2H2,1H3,(H,19,20). The van der Waals surface area contributed by atoms with Gasteiger partial charge < -0.3 is 9.52 Å². The van der Waals surface area contributed by atoms with Crippen molar-refractivity contribution in [3.05, 3.63) is 52.8 Å². The van der Waals surface area contributed by atoms with E-state index in [1.165, 1.54) is 0 Å². The zero-order valence-corrected chi connectivity index (χ0v) is 12.0. The van der Waals surface area contributed by atoms with Gasteiger partial charge in [-0.1, -0.05) is 30.7 Å². The number of rotatable bonds is 4. The third-order valence-corrected chi connectivity index (χ3v) is 3.35. The molecule has 2 aromatic rings. The maximum absolute atomic E-state index is 11.1. The first-order valence-corrected chi connectivity index (χ1v) is 6.68. The van der Waals surface area contributed by atoms with E-state index in [9.17, 15) is 4.79 Å². The summed E-state index contributed by atoms with van der Waals surface area (Å²) in [5.41, 5.74) is 0.774. The quantitative estimate of drug-likeness (QED) is 0.672. The summed E-state index contributed by atoms with van der Waals surface area (Å²) < 4.78 is 5.68. The van der Waals surface area contributed by atoms with Gasteiger partial charge in [0.15, 0.2) is 0 Å². The van der Waals surface area contributed by atoms with Crippen LogP contribution in [0, 0.1) is 11.3 Å². The Morgan fingerprint density at radius 2 is 2.05 bits per heavy atom. The minimum atomic E-state index is -1.26. The van der Waals surface area contributed by atoms with Crippen LogP contribution in [-0.4, -0.2) is 11.1 Å². The molecule has 0 unspecified atom stereocenters. The number of aliphatic carboxylic acids is 1. The fourth-order valence-electron chi connectivity index (χ4n) is 2.02. The number of nitriles is 1. The van der Waals surface area contributed by atoms with Crippen molar-refractivity contribution >= 4 is 23.1 Å². The van der Waals surface area contributed by atoms with Gasteiger partial charge in [-0.15, -0.1) is 0 Å². The number of hydrogen-bond acceptors (Lipinski definition) is 3. The number of furan rings is 1. The highest BCUT2D eigenvalue weighted by Crippen LogP contribution is 2.32. The molecule has 0 fully saturated rings. The first kappa shape index (κ1) is 14.9. The van der Waals surface area contributed by atoms with E-state index in [4.69, 9.17) is 26.4 Å². The van der Waals surface area contributed by atoms with Crippen LogP contribution in [-0.2, 0) is 4.79 Å². The van der Waals surface area contributed by atoms with Crippen molar-refractivity contribution in [3.8, 4) is 17.4 Å². The average molecular weight is 302 g/mol. The van der Waals surface area contributed by atoms with Crippen LogP contribution in [0.15, 0.2) is 46.4 Å². The summed E-state index contributed by atoms with van der Waals surface area (Å²) in [6, 6.07) is 12.3. The van der Waals surface area contributed by atoms with Crippen LogP contribution in [0.5, 0.6) is 0 Å². The van der Waals surface area contributed by atoms with E-state index in [2.05, 4.69) is 0 Å². The molecule has 0 spiro atoms. The topological polar surface area (TPSA) is 74.2 Å². The molecular weight excluding hydrogens is 290 g/mol. The predicted molar refractivity (Wildman–Crippen MR) is 79.6 cm³/mol. The number of nitrogens with zero attached hydrogens (tertiary/aromatic N) is 1. The predicted octanol–water partition coefficient (Wildman–Crippen LogP) is 4.37. The lowest BCUT2D eigenvalue weighted by atomic mass is 10.0. The first-order chi connectivity index (χ1) is 10.1. The molecule has 5 heteroatoms. The van der Waals surface area contributed by atoms with Crippen LogP contribution in [0.3, 0.4) is 0 Å². The Balaban J connectivity index is 2.52. The fraction of sp³-hybridized carbons (Fsp3) is 0.125. The summed E-state index contributed by atoms with van der Waals surface area (Å²) in [5, 5.41) is 18.6. The molecule has 0 amide bonds. The smallest absolute Gasteiger partial charge is 0.346 e. The summed E-state index contributed by atoms with van der Waals surface area (Å²) in [5.74, 6) is -0.361. The molecule has 0 radical (unpaired) electrons. The molecule has 2 rings (SSSR count). The molecule has 1 aromatic carbocycles. The normalized spacial score (nSPS) is 11.7. The Bertz CT molecular complexity index is 753. The van der Waals surface area contributed by atoms with Crippen molar-refractivity contribution < 1.29 is 14.3 Å². The van der Waals surface area contributed by atoms with Crippen molar-refractivity contribution in [3.63, 3.8) is 0 Å². The van der Waals surface area contributed by atoms with Gasteiger partial charge in [0.2, 0.25) is 0 Å². The van der Waals surface area contributed by atoms with Gasteiger partial charge >= 0.3 is 5.97 Å². The number of carbonyl (C=O) groups is 1. The van der Waals surface area contributed by atoms with E-state index >= 15 is 0 Å². The summed E-state index contributed by atoms with van der Waals surface area (Å²) in [6.07, 6.45) is 0.380. The summed E-state index contributed by atoms with van der Waals surface area (Å²) in [7, 11) is 0. The fourth-order valence-corrected chi connectivity index (χ4v) is 2.25. The van der Waals surface area contributed by atoms with Crippen LogP contribution >= 0.6 is 11.6 Å². The number of carboxylic acid groups (broad SMARTS) is 1. The molecule has 21 heavy (non-hydrogen) atoms. The van der Waals surface area contributed by atoms with Gasteiger partial charge in [-0.05, 0) is 30.7 Å². The Kier molecular flexibility index (Phi) is 4.46. The van der Waals surface area contributed by atoms with Crippen LogP contribution in [0.4, 0.5) is 0 Å². The minimum absolute atomic E-state index is 0.308. The summed E-state index contributed by atoms with van der Waals surface area (Å²) >= 11 is 6.10. The zero-order valence-electron chi connectivity index (χ0n) is 11.3. The maximum Gasteiger partial charge on any atom is 0.346 e. The van der Waals surface area contributed by atoms with Crippen molar-refractivity contribution in [1.82, 2.24) is 0 Å². The van der Waals surface area contributed by atoms with Crippen LogP contribution < -0.4 is 0 Å². The number of hydrogen-bond donors (Lipinski definition) is 1. The maximum atomic E-state index is 11.1. The minimum Gasteiger partial charge on any atom is -0.477 e. The van der Waals surface area contributed by atoms with Crippen LogP contribution in [0.25, 0.3) is 16.9 Å². The number of halogens is 1. The van der Waals surface area contributed by atoms with E-state index < -0.39 is 5.97 Å². The van der Waals surface area contributed by atoms with E-state index in [1.54, 1.807) is 31.2 Å². The van der Waals surface area contributed by atoms with Gasteiger partial charge in [0.05, 0.1) is 5.02 Å². The van der Waals surface area contributed by atoms with Gasteiger partial charge in [0, 0.05) is 11.1 Å². The molecule has 4 nitrogen and oxygen atoms in total. The molecule has 106 valence electrons.